The third-order valence-corrected chi connectivity index (χ3v) is 9.96. The van der Waals surface area contributed by atoms with E-state index in [1.807, 2.05) is 6.21 Å². The Hall–Kier alpha value is -5.73. The minimum atomic E-state index is 0.150. The Labute approximate surface area is 261 Å². The van der Waals surface area contributed by atoms with Crippen LogP contribution in [0.1, 0.15) is 17.2 Å². The number of rotatable bonds is 3. The second kappa shape index (κ2) is 9.38. The monoisotopic (exact) mass is 572 g/mol. The van der Waals surface area contributed by atoms with Crippen LogP contribution in [0.3, 0.4) is 0 Å². The van der Waals surface area contributed by atoms with Crippen LogP contribution < -0.4 is 0 Å². The number of aromatic nitrogens is 1. The molecule has 45 heavy (non-hydrogen) atoms. The molecule has 1 aromatic heterocycles. The summed E-state index contributed by atoms with van der Waals surface area (Å²) in [6.07, 6.45) is 10.8. The minimum Gasteiger partial charge on any atom is -0.312 e. The Balaban J connectivity index is 1.02. The Kier molecular flexibility index (Phi) is 5.15. The zero-order valence-electron chi connectivity index (χ0n) is 24.6. The van der Waals surface area contributed by atoms with Crippen molar-refractivity contribution in [2.75, 3.05) is 0 Å². The lowest BCUT2D eigenvalue weighted by molar-refractivity contribution is 0.681. The molecule has 0 saturated carbocycles. The standard InChI is InChI=1S/C43H28N2/c1-2-8-33-32(7-1)36-11-5-10-35-31(22-23-37(33)42(35)36)29-16-14-27(15-17-29)28-18-20-30(21-19-28)45-41-13-4-3-9-34(41)38-24-25-40-39(43(38)45)12-6-26-44-40/h1-26,39-40H. The molecule has 2 heteroatoms. The van der Waals surface area contributed by atoms with Crippen LogP contribution in [0.25, 0.3) is 77.9 Å². The molecule has 210 valence electrons. The summed E-state index contributed by atoms with van der Waals surface area (Å²) >= 11 is 0. The molecule has 0 radical (unpaired) electrons. The SMILES string of the molecule is C1=CC2c3c(c4ccccc4n3-c3ccc(-c4ccc(-c5ccc6c7c(cccc57)-c5ccccc5-6)cc4)cc3)C=CC2N=C1. The maximum Gasteiger partial charge on any atom is 0.0801 e. The predicted octanol–water partition coefficient (Wildman–Crippen LogP) is 10.9. The predicted molar refractivity (Wildman–Crippen MR) is 189 cm³/mol. The molecule has 7 aromatic rings. The van der Waals surface area contributed by atoms with Crippen LogP contribution >= 0.6 is 0 Å². The molecule has 0 N–H and O–H groups in total. The van der Waals surface area contributed by atoms with Crippen molar-refractivity contribution in [1.29, 1.82) is 0 Å². The Morgan fingerprint density at radius 2 is 1.16 bits per heavy atom. The first kappa shape index (κ1) is 24.7. The van der Waals surface area contributed by atoms with Crippen LogP contribution in [-0.2, 0) is 0 Å². The van der Waals surface area contributed by atoms with Gasteiger partial charge in [-0.25, -0.2) is 0 Å². The Morgan fingerprint density at radius 1 is 0.511 bits per heavy atom. The molecule has 10 rings (SSSR count). The Morgan fingerprint density at radius 3 is 1.98 bits per heavy atom. The molecule has 0 fully saturated rings. The lowest BCUT2D eigenvalue weighted by atomic mass is 9.86. The van der Waals surface area contributed by atoms with Crippen molar-refractivity contribution in [2.45, 2.75) is 12.0 Å². The van der Waals surface area contributed by atoms with Gasteiger partial charge in [0.25, 0.3) is 0 Å². The van der Waals surface area contributed by atoms with Crippen LogP contribution in [-0.4, -0.2) is 16.8 Å². The fourth-order valence-corrected chi connectivity index (χ4v) is 7.91. The second-order valence-electron chi connectivity index (χ2n) is 12.3. The summed E-state index contributed by atoms with van der Waals surface area (Å²) in [7, 11) is 0. The van der Waals surface area contributed by atoms with Gasteiger partial charge in [0.1, 0.15) is 0 Å². The molecule has 0 amide bonds. The molecule has 2 atom stereocenters. The topological polar surface area (TPSA) is 17.3 Å². The van der Waals surface area contributed by atoms with E-state index in [9.17, 15) is 0 Å². The zero-order chi connectivity index (χ0) is 29.5. The zero-order valence-corrected chi connectivity index (χ0v) is 24.6. The van der Waals surface area contributed by atoms with Gasteiger partial charge in [-0.3, -0.25) is 4.99 Å². The first-order valence-corrected chi connectivity index (χ1v) is 15.7. The van der Waals surface area contributed by atoms with Crippen LogP contribution in [0.15, 0.2) is 151 Å². The van der Waals surface area contributed by atoms with Gasteiger partial charge in [-0.15, -0.1) is 0 Å². The number of allylic oxidation sites excluding steroid dienone is 1. The average molecular weight is 573 g/mol. The summed E-state index contributed by atoms with van der Waals surface area (Å²) in [6, 6.07) is 47.1. The van der Waals surface area contributed by atoms with Crippen LogP contribution in [0.2, 0.25) is 0 Å². The Bertz CT molecular complexity index is 2390. The average Bonchev–Trinajstić information content (AvgIpc) is 3.63. The third-order valence-electron chi connectivity index (χ3n) is 9.96. The molecule has 2 heterocycles. The largest absolute Gasteiger partial charge is 0.312 e. The van der Waals surface area contributed by atoms with Crippen molar-refractivity contribution in [2.24, 2.45) is 4.99 Å². The van der Waals surface area contributed by atoms with E-state index in [4.69, 9.17) is 4.99 Å². The fourth-order valence-electron chi connectivity index (χ4n) is 7.91. The molecule has 1 aliphatic heterocycles. The second-order valence-corrected chi connectivity index (χ2v) is 12.3. The maximum absolute atomic E-state index is 4.76. The van der Waals surface area contributed by atoms with Crippen molar-refractivity contribution < 1.29 is 0 Å². The summed E-state index contributed by atoms with van der Waals surface area (Å²) in [6.45, 7) is 0. The van der Waals surface area contributed by atoms with Gasteiger partial charge < -0.3 is 4.57 Å². The van der Waals surface area contributed by atoms with Gasteiger partial charge in [-0.2, -0.15) is 0 Å². The van der Waals surface area contributed by atoms with E-state index in [-0.39, 0.29) is 12.0 Å². The molecule has 0 spiro atoms. The molecule has 2 aliphatic carbocycles. The molecular weight excluding hydrogens is 544 g/mol. The first-order chi connectivity index (χ1) is 22.3. The number of dihydropyridines is 1. The van der Waals surface area contributed by atoms with Crippen molar-refractivity contribution >= 4 is 34.0 Å². The highest BCUT2D eigenvalue weighted by molar-refractivity contribution is 6.18. The first-order valence-electron chi connectivity index (χ1n) is 15.7. The van der Waals surface area contributed by atoms with Crippen molar-refractivity contribution in [3.8, 4) is 50.2 Å². The fraction of sp³-hybridized carbons (Fsp3) is 0.0465. The summed E-state index contributed by atoms with van der Waals surface area (Å²) in [5.74, 6) is 0.231. The highest BCUT2D eigenvalue weighted by atomic mass is 15.0. The van der Waals surface area contributed by atoms with E-state index in [0.29, 0.717) is 0 Å². The van der Waals surface area contributed by atoms with Crippen LogP contribution in [0.4, 0.5) is 0 Å². The smallest absolute Gasteiger partial charge is 0.0801 e. The lowest BCUT2D eigenvalue weighted by Gasteiger charge is -2.27. The molecule has 3 aliphatic rings. The molecular formula is C43H28N2. The maximum atomic E-state index is 4.76. The van der Waals surface area contributed by atoms with Gasteiger partial charge in [0.15, 0.2) is 0 Å². The van der Waals surface area contributed by atoms with Gasteiger partial charge >= 0.3 is 0 Å². The van der Waals surface area contributed by atoms with Gasteiger partial charge in [0.2, 0.25) is 0 Å². The van der Waals surface area contributed by atoms with E-state index in [1.54, 1.807) is 0 Å². The number of benzene rings is 6. The summed E-state index contributed by atoms with van der Waals surface area (Å²) < 4.78 is 2.44. The number of hydrogen-bond donors (Lipinski definition) is 0. The van der Waals surface area contributed by atoms with E-state index in [2.05, 4.69) is 156 Å². The van der Waals surface area contributed by atoms with Crippen LogP contribution in [0, 0.1) is 0 Å². The van der Waals surface area contributed by atoms with Crippen molar-refractivity contribution in [1.82, 2.24) is 4.57 Å². The van der Waals surface area contributed by atoms with Gasteiger partial charge in [0.05, 0.1) is 11.6 Å². The van der Waals surface area contributed by atoms with E-state index < -0.39 is 0 Å². The number of nitrogens with zero attached hydrogens (tertiary/aromatic N) is 2. The van der Waals surface area contributed by atoms with E-state index >= 15 is 0 Å². The van der Waals surface area contributed by atoms with Gasteiger partial charge in [-0.05, 0) is 79.6 Å². The molecule has 0 saturated heterocycles. The lowest BCUT2D eigenvalue weighted by Crippen LogP contribution is -2.21. The molecule has 2 nitrogen and oxygen atoms in total. The van der Waals surface area contributed by atoms with Crippen molar-refractivity contribution in [3.63, 3.8) is 0 Å². The van der Waals surface area contributed by atoms with Crippen LogP contribution in [0.5, 0.6) is 0 Å². The highest BCUT2D eigenvalue weighted by Crippen LogP contribution is 2.49. The summed E-state index contributed by atoms with van der Waals surface area (Å²) in [4.78, 5) is 4.76. The summed E-state index contributed by atoms with van der Waals surface area (Å²) in [5, 5.41) is 3.97. The van der Waals surface area contributed by atoms with Gasteiger partial charge in [-0.1, -0.05) is 127 Å². The summed E-state index contributed by atoms with van der Waals surface area (Å²) in [5.41, 5.74) is 15.4. The normalized spacial score (nSPS) is 17.1. The highest BCUT2D eigenvalue weighted by Gasteiger charge is 2.31. The van der Waals surface area contributed by atoms with Crippen molar-refractivity contribution in [3.05, 3.63) is 157 Å². The molecule has 6 aromatic carbocycles. The molecule has 2 unspecified atom stereocenters. The number of fused-ring (bicyclic) bond motifs is 8. The van der Waals surface area contributed by atoms with Gasteiger partial charge in [0, 0.05) is 34.5 Å². The molecule has 0 bridgehead atoms. The quantitative estimate of drug-likeness (QED) is 0.200. The number of hydrogen-bond acceptors (Lipinski definition) is 1. The third kappa shape index (κ3) is 3.54. The number of aliphatic imine (C=N–C) groups is 1. The number of para-hydroxylation sites is 1. The van der Waals surface area contributed by atoms with E-state index in [1.165, 1.54) is 83.1 Å². The minimum absolute atomic E-state index is 0.150. The van der Waals surface area contributed by atoms with E-state index in [0.717, 1.165) is 0 Å².